The highest BCUT2D eigenvalue weighted by Gasteiger charge is 2.37. The SMILES string of the molecule is CC(=O)N1c2c(cc(Br)cc2S(=O)(=O)N2CCCCCC2)C[C@@H]1C. The lowest BCUT2D eigenvalue weighted by Crippen LogP contribution is -2.37. The van der Waals surface area contributed by atoms with E-state index in [2.05, 4.69) is 15.9 Å². The quantitative estimate of drug-likeness (QED) is 0.745. The Labute approximate surface area is 152 Å². The fourth-order valence-corrected chi connectivity index (χ4v) is 6.20. The van der Waals surface area contributed by atoms with Gasteiger partial charge in [-0.05, 0) is 43.9 Å². The van der Waals surface area contributed by atoms with Gasteiger partial charge in [0.25, 0.3) is 0 Å². The molecule has 0 radical (unpaired) electrons. The summed E-state index contributed by atoms with van der Waals surface area (Å²) >= 11 is 3.44. The highest BCUT2D eigenvalue weighted by Crippen LogP contribution is 2.41. The predicted molar refractivity (Wildman–Crippen MR) is 97.7 cm³/mol. The molecule has 0 aliphatic carbocycles. The number of nitrogens with zero attached hydrogens (tertiary/aromatic N) is 2. The van der Waals surface area contributed by atoms with Gasteiger partial charge >= 0.3 is 0 Å². The van der Waals surface area contributed by atoms with E-state index in [0.717, 1.165) is 35.7 Å². The Morgan fingerprint density at radius 1 is 1.17 bits per heavy atom. The van der Waals surface area contributed by atoms with Crippen LogP contribution in [-0.4, -0.2) is 37.8 Å². The highest BCUT2D eigenvalue weighted by molar-refractivity contribution is 9.10. The van der Waals surface area contributed by atoms with Crippen LogP contribution < -0.4 is 4.90 Å². The van der Waals surface area contributed by atoms with Crippen molar-refractivity contribution in [2.24, 2.45) is 0 Å². The van der Waals surface area contributed by atoms with Gasteiger partial charge in [-0.1, -0.05) is 28.8 Å². The Morgan fingerprint density at radius 3 is 2.38 bits per heavy atom. The third-order valence-corrected chi connectivity index (χ3v) is 7.21. The normalized spacial score (nSPS) is 22.3. The van der Waals surface area contributed by atoms with Crippen molar-refractivity contribution in [2.45, 2.75) is 56.9 Å². The lowest BCUT2D eigenvalue weighted by Gasteiger charge is -2.26. The van der Waals surface area contributed by atoms with Gasteiger partial charge in [-0.2, -0.15) is 4.31 Å². The second-order valence-corrected chi connectivity index (χ2v) is 9.49. The number of carbonyl (C=O) groups excluding carboxylic acids is 1. The first-order chi connectivity index (χ1) is 11.3. The summed E-state index contributed by atoms with van der Waals surface area (Å²) in [6.07, 6.45) is 4.60. The zero-order chi connectivity index (χ0) is 17.5. The molecule has 2 aliphatic rings. The molecule has 0 spiro atoms. The zero-order valence-electron chi connectivity index (χ0n) is 14.1. The highest BCUT2D eigenvalue weighted by atomic mass is 79.9. The van der Waals surface area contributed by atoms with Gasteiger partial charge < -0.3 is 4.90 Å². The van der Waals surface area contributed by atoms with Crippen molar-refractivity contribution in [3.63, 3.8) is 0 Å². The molecule has 1 saturated heterocycles. The molecule has 0 saturated carbocycles. The molecular weight excluding hydrogens is 392 g/mol. The van der Waals surface area contributed by atoms with E-state index >= 15 is 0 Å². The van der Waals surface area contributed by atoms with Gasteiger partial charge in [0.15, 0.2) is 0 Å². The zero-order valence-corrected chi connectivity index (χ0v) is 16.5. The van der Waals surface area contributed by atoms with Crippen molar-refractivity contribution in [3.8, 4) is 0 Å². The Kier molecular flexibility index (Phi) is 5.04. The summed E-state index contributed by atoms with van der Waals surface area (Å²) in [6.45, 7) is 4.56. The summed E-state index contributed by atoms with van der Waals surface area (Å²) in [5, 5.41) is 0. The summed E-state index contributed by atoms with van der Waals surface area (Å²) in [6, 6.07) is 3.55. The fraction of sp³-hybridized carbons (Fsp3) is 0.588. The standard InChI is InChI=1S/C17H23BrN2O3S/c1-12-9-14-10-15(18)11-16(17(14)20(12)13(2)21)24(22,23)19-7-5-3-4-6-8-19/h10-12H,3-9H2,1-2H3/t12-/m0/s1. The topological polar surface area (TPSA) is 57.7 Å². The summed E-state index contributed by atoms with van der Waals surface area (Å²) < 4.78 is 28.9. The summed E-state index contributed by atoms with van der Waals surface area (Å²) in [7, 11) is -3.61. The maximum atomic E-state index is 13.3. The number of halogens is 1. The van der Waals surface area contributed by atoms with E-state index in [4.69, 9.17) is 0 Å². The molecule has 7 heteroatoms. The number of sulfonamides is 1. The van der Waals surface area contributed by atoms with Crippen LogP contribution >= 0.6 is 15.9 Å². The molecular formula is C17H23BrN2O3S. The summed E-state index contributed by atoms with van der Waals surface area (Å²) in [5.74, 6) is -0.115. The summed E-state index contributed by atoms with van der Waals surface area (Å²) in [4.78, 5) is 14.0. The van der Waals surface area contributed by atoms with Crippen LogP contribution in [0.3, 0.4) is 0 Å². The molecule has 1 fully saturated rings. The van der Waals surface area contributed by atoms with Crippen LogP contribution in [0.15, 0.2) is 21.5 Å². The van der Waals surface area contributed by atoms with E-state index in [0.29, 0.717) is 25.2 Å². The number of carbonyl (C=O) groups is 1. The number of rotatable bonds is 2. The van der Waals surface area contributed by atoms with E-state index in [9.17, 15) is 13.2 Å². The third-order valence-electron chi connectivity index (χ3n) is 4.84. The number of benzene rings is 1. The van der Waals surface area contributed by atoms with Crippen molar-refractivity contribution in [3.05, 3.63) is 22.2 Å². The smallest absolute Gasteiger partial charge is 0.245 e. The van der Waals surface area contributed by atoms with Crippen LogP contribution in [0.1, 0.15) is 45.1 Å². The average Bonchev–Trinajstić information content (AvgIpc) is 2.68. The number of amides is 1. The number of hydrogen-bond acceptors (Lipinski definition) is 3. The largest absolute Gasteiger partial charge is 0.308 e. The molecule has 3 rings (SSSR count). The first-order valence-electron chi connectivity index (χ1n) is 8.44. The molecule has 1 aromatic rings. The van der Waals surface area contributed by atoms with Crippen LogP contribution in [-0.2, 0) is 21.2 Å². The maximum absolute atomic E-state index is 13.3. The Balaban J connectivity index is 2.13. The minimum Gasteiger partial charge on any atom is -0.308 e. The van der Waals surface area contributed by atoms with E-state index < -0.39 is 10.0 Å². The van der Waals surface area contributed by atoms with Crippen molar-refractivity contribution >= 4 is 37.5 Å². The van der Waals surface area contributed by atoms with Gasteiger partial charge in [-0.15, -0.1) is 0 Å². The monoisotopic (exact) mass is 414 g/mol. The lowest BCUT2D eigenvalue weighted by atomic mass is 10.1. The molecule has 2 heterocycles. The first-order valence-corrected chi connectivity index (χ1v) is 10.7. The number of hydrogen-bond donors (Lipinski definition) is 0. The van der Waals surface area contributed by atoms with E-state index in [-0.39, 0.29) is 16.8 Å². The molecule has 132 valence electrons. The maximum Gasteiger partial charge on any atom is 0.245 e. The van der Waals surface area contributed by atoms with Crippen LogP contribution in [0, 0.1) is 0 Å². The second-order valence-electron chi connectivity index (χ2n) is 6.67. The summed E-state index contributed by atoms with van der Waals surface area (Å²) in [5.41, 5.74) is 1.49. The molecule has 0 bridgehead atoms. The van der Waals surface area contributed by atoms with Gasteiger partial charge in [0.05, 0.1) is 5.69 Å². The first kappa shape index (κ1) is 17.9. The Bertz CT molecular complexity index is 755. The molecule has 0 unspecified atom stereocenters. The minimum absolute atomic E-state index is 0.0233. The molecule has 2 aliphatic heterocycles. The van der Waals surface area contributed by atoms with E-state index in [1.165, 1.54) is 6.92 Å². The van der Waals surface area contributed by atoms with Gasteiger partial charge in [0.2, 0.25) is 15.9 Å². The number of fused-ring (bicyclic) bond motifs is 1. The molecule has 1 atom stereocenters. The minimum atomic E-state index is -3.61. The Morgan fingerprint density at radius 2 is 1.79 bits per heavy atom. The lowest BCUT2D eigenvalue weighted by molar-refractivity contribution is -0.116. The van der Waals surface area contributed by atoms with Crippen molar-refractivity contribution in [2.75, 3.05) is 18.0 Å². The number of anilines is 1. The van der Waals surface area contributed by atoms with Crippen LogP contribution in [0.25, 0.3) is 0 Å². The molecule has 24 heavy (non-hydrogen) atoms. The van der Waals surface area contributed by atoms with Gasteiger partial charge in [0, 0.05) is 30.5 Å². The van der Waals surface area contributed by atoms with Gasteiger partial charge in [0.1, 0.15) is 4.90 Å². The van der Waals surface area contributed by atoms with Crippen LogP contribution in [0.4, 0.5) is 5.69 Å². The Hall–Kier alpha value is -0.920. The second kappa shape index (κ2) is 6.77. The third kappa shape index (κ3) is 3.13. The van der Waals surface area contributed by atoms with E-state index in [1.807, 2.05) is 13.0 Å². The molecule has 0 aromatic heterocycles. The fourth-order valence-electron chi connectivity index (χ4n) is 3.77. The van der Waals surface area contributed by atoms with Crippen molar-refractivity contribution in [1.82, 2.24) is 4.31 Å². The molecule has 1 aromatic carbocycles. The molecule has 5 nitrogen and oxygen atoms in total. The van der Waals surface area contributed by atoms with E-state index in [1.54, 1.807) is 15.3 Å². The van der Waals surface area contributed by atoms with Gasteiger partial charge in [-0.3, -0.25) is 4.79 Å². The van der Waals surface area contributed by atoms with Crippen molar-refractivity contribution < 1.29 is 13.2 Å². The van der Waals surface area contributed by atoms with Gasteiger partial charge in [-0.25, -0.2) is 8.42 Å². The molecule has 0 N–H and O–H groups in total. The van der Waals surface area contributed by atoms with Crippen molar-refractivity contribution in [1.29, 1.82) is 0 Å². The molecule has 1 amide bonds. The van der Waals surface area contributed by atoms with Crippen LogP contribution in [0.5, 0.6) is 0 Å². The van der Waals surface area contributed by atoms with Crippen LogP contribution in [0.2, 0.25) is 0 Å². The average molecular weight is 415 g/mol. The predicted octanol–water partition coefficient (Wildman–Crippen LogP) is 3.31.